The van der Waals surface area contributed by atoms with Gasteiger partial charge in [0, 0.05) is 13.0 Å². The fourth-order valence-electron chi connectivity index (χ4n) is 3.45. The minimum absolute atomic E-state index is 0.0537. The number of carbonyl (C=O) groups is 1. The van der Waals surface area contributed by atoms with Crippen LogP contribution in [0.1, 0.15) is 40.3 Å². The fourth-order valence-corrected chi connectivity index (χ4v) is 4.52. The first-order chi connectivity index (χ1) is 13.1. The molecule has 0 saturated heterocycles. The Morgan fingerprint density at radius 3 is 2.74 bits per heavy atom. The van der Waals surface area contributed by atoms with Gasteiger partial charge in [0.15, 0.2) is 11.5 Å². The monoisotopic (exact) mass is 384 g/mol. The molecule has 0 atom stereocenters. The lowest BCUT2D eigenvalue weighted by Crippen LogP contribution is -2.24. The van der Waals surface area contributed by atoms with E-state index in [1.807, 2.05) is 0 Å². The summed E-state index contributed by atoms with van der Waals surface area (Å²) >= 11 is 1.22. The van der Waals surface area contributed by atoms with Crippen molar-refractivity contribution in [2.45, 2.75) is 39.2 Å². The molecule has 0 radical (unpaired) electrons. The van der Waals surface area contributed by atoms with E-state index in [9.17, 15) is 9.59 Å². The average molecular weight is 384 g/mol. The number of carbonyl (C=O) groups excluding carboxylic acids is 1. The minimum Gasteiger partial charge on any atom is -0.493 e. The number of esters is 1. The van der Waals surface area contributed by atoms with Crippen LogP contribution >= 0.6 is 11.3 Å². The number of methoxy groups -OCH3 is 1. The van der Waals surface area contributed by atoms with Gasteiger partial charge in [-0.15, -0.1) is 11.3 Å². The van der Waals surface area contributed by atoms with Gasteiger partial charge in [0.2, 0.25) is 0 Å². The summed E-state index contributed by atoms with van der Waals surface area (Å²) in [4.78, 5) is 31.5. The molecule has 2 aromatic heterocycles. The third-order valence-electron chi connectivity index (χ3n) is 4.87. The van der Waals surface area contributed by atoms with Gasteiger partial charge in [-0.05, 0) is 37.5 Å². The predicted octanol–water partition coefficient (Wildman–Crippen LogP) is 3.72. The van der Waals surface area contributed by atoms with E-state index >= 15 is 0 Å². The highest BCUT2D eigenvalue weighted by atomic mass is 32.1. The summed E-state index contributed by atoms with van der Waals surface area (Å²) in [6.45, 7) is 2.47. The normalized spacial score (nSPS) is 13.9. The van der Waals surface area contributed by atoms with Crippen LogP contribution in [0.4, 0.5) is 0 Å². The molecule has 0 saturated carbocycles. The van der Waals surface area contributed by atoms with Crippen molar-refractivity contribution in [3.8, 4) is 11.5 Å². The Labute approximate surface area is 160 Å². The molecule has 3 aromatic rings. The summed E-state index contributed by atoms with van der Waals surface area (Å²) in [6, 6.07) is 6.98. The summed E-state index contributed by atoms with van der Waals surface area (Å²) < 4.78 is 12.5. The first-order valence-corrected chi connectivity index (χ1v) is 9.80. The van der Waals surface area contributed by atoms with Gasteiger partial charge in [0.25, 0.3) is 5.56 Å². The van der Waals surface area contributed by atoms with E-state index < -0.39 is 5.97 Å². The average Bonchev–Trinajstić information content (AvgIpc) is 2.84. The van der Waals surface area contributed by atoms with Crippen molar-refractivity contribution in [1.82, 2.24) is 9.55 Å². The maximum absolute atomic E-state index is 13.0. The van der Waals surface area contributed by atoms with Crippen molar-refractivity contribution in [3.63, 3.8) is 0 Å². The second-order valence-corrected chi connectivity index (χ2v) is 7.57. The molecule has 7 heteroatoms. The fraction of sp³-hybridized carbons (Fsp3) is 0.350. The van der Waals surface area contributed by atoms with Gasteiger partial charge >= 0.3 is 5.97 Å². The predicted molar refractivity (Wildman–Crippen MR) is 104 cm³/mol. The second kappa shape index (κ2) is 7.15. The Morgan fingerprint density at radius 2 is 1.96 bits per heavy atom. The number of ether oxygens (including phenoxy) is 2. The molecule has 0 fully saturated rings. The number of aryl methyl sites for hydroxylation is 2. The van der Waals surface area contributed by atoms with Crippen molar-refractivity contribution >= 4 is 27.5 Å². The molecule has 0 bridgehead atoms. The van der Waals surface area contributed by atoms with Gasteiger partial charge in [-0.2, -0.15) is 0 Å². The summed E-state index contributed by atoms with van der Waals surface area (Å²) in [7, 11) is 1.52. The molecule has 6 nitrogen and oxygen atoms in total. The smallest absolute Gasteiger partial charge is 0.354 e. The minimum atomic E-state index is -0.500. The van der Waals surface area contributed by atoms with E-state index in [-0.39, 0.29) is 5.56 Å². The highest BCUT2D eigenvalue weighted by Crippen LogP contribution is 2.31. The third-order valence-corrected chi connectivity index (χ3v) is 6.03. The lowest BCUT2D eigenvalue weighted by molar-refractivity contribution is 0.0734. The number of para-hydroxylation sites is 2. The van der Waals surface area contributed by atoms with Crippen molar-refractivity contribution in [2.75, 3.05) is 7.11 Å². The molecule has 0 amide bonds. The topological polar surface area (TPSA) is 70.4 Å². The molecule has 140 valence electrons. The van der Waals surface area contributed by atoms with Crippen LogP contribution in [-0.2, 0) is 13.0 Å². The van der Waals surface area contributed by atoms with Crippen LogP contribution in [0.15, 0.2) is 29.1 Å². The number of benzene rings is 1. The Hall–Kier alpha value is -2.67. The lowest BCUT2D eigenvalue weighted by Gasteiger charge is -2.08. The number of thiophene rings is 1. The Bertz CT molecular complexity index is 1080. The van der Waals surface area contributed by atoms with Crippen molar-refractivity contribution in [1.29, 1.82) is 0 Å². The molecule has 0 unspecified atom stereocenters. The van der Waals surface area contributed by atoms with E-state index in [0.717, 1.165) is 31.5 Å². The number of hydrogen-bond acceptors (Lipinski definition) is 6. The van der Waals surface area contributed by atoms with Gasteiger partial charge in [0.1, 0.15) is 15.5 Å². The quantitative estimate of drug-likeness (QED) is 0.508. The highest BCUT2D eigenvalue weighted by molar-refractivity contribution is 7.20. The number of nitrogens with zero attached hydrogens (tertiary/aromatic N) is 2. The van der Waals surface area contributed by atoms with E-state index in [2.05, 4.69) is 0 Å². The SMILES string of the molecule is COc1ccccc1OC(=O)c1sc2nc3n(c(=O)c2c1C)CCCCC3. The van der Waals surface area contributed by atoms with E-state index in [1.165, 1.54) is 18.4 Å². The van der Waals surface area contributed by atoms with E-state index in [0.29, 0.717) is 38.7 Å². The van der Waals surface area contributed by atoms with Gasteiger partial charge in [-0.3, -0.25) is 9.36 Å². The molecule has 1 aromatic carbocycles. The van der Waals surface area contributed by atoms with E-state index in [1.54, 1.807) is 35.8 Å². The molecule has 0 aliphatic carbocycles. The second-order valence-electron chi connectivity index (χ2n) is 6.57. The van der Waals surface area contributed by atoms with Crippen LogP contribution in [0.2, 0.25) is 0 Å². The lowest BCUT2D eigenvalue weighted by atomic mass is 10.2. The van der Waals surface area contributed by atoms with Crippen LogP contribution in [0, 0.1) is 6.92 Å². The van der Waals surface area contributed by atoms with Gasteiger partial charge in [-0.1, -0.05) is 18.6 Å². The number of hydrogen-bond donors (Lipinski definition) is 0. The van der Waals surface area contributed by atoms with Crippen LogP contribution < -0.4 is 15.0 Å². The Balaban J connectivity index is 1.77. The zero-order chi connectivity index (χ0) is 19.0. The Morgan fingerprint density at radius 1 is 1.19 bits per heavy atom. The van der Waals surface area contributed by atoms with E-state index in [4.69, 9.17) is 14.5 Å². The molecular weight excluding hydrogens is 364 g/mol. The zero-order valence-electron chi connectivity index (χ0n) is 15.3. The summed E-state index contributed by atoms with van der Waals surface area (Å²) in [5, 5.41) is 0.526. The molecule has 0 spiro atoms. The van der Waals surface area contributed by atoms with Crippen LogP contribution in [-0.4, -0.2) is 22.6 Å². The van der Waals surface area contributed by atoms with Gasteiger partial charge < -0.3 is 9.47 Å². The molecule has 3 heterocycles. The molecule has 1 aliphatic heterocycles. The zero-order valence-corrected chi connectivity index (χ0v) is 16.1. The number of fused-ring (bicyclic) bond motifs is 2. The molecule has 27 heavy (non-hydrogen) atoms. The van der Waals surface area contributed by atoms with Crippen molar-refractivity contribution < 1.29 is 14.3 Å². The van der Waals surface area contributed by atoms with Crippen LogP contribution in [0.25, 0.3) is 10.2 Å². The number of rotatable bonds is 3. The molecule has 1 aliphatic rings. The summed E-state index contributed by atoms with van der Waals surface area (Å²) in [5.74, 6) is 1.15. The van der Waals surface area contributed by atoms with Crippen LogP contribution in [0.5, 0.6) is 11.5 Å². The maximum atomic E-state index is 13.0. The Kier molecular flexibility index (Phi) is 4.70. The van der Waals surface area contributed by atoms with Crippen molar-refractivity contribution in [2.24, 2.45) is 0 Å². The highest BCUT2D eigenvalue weighted by Gasteiger charge is 2.24. The maximum Gasteiger partial charge on any atom is 0.354 e. The standard InChI is InChI=1S/C20H20N2O4S/c1-12-16-18(21-15-10-4-3-7-11-22(15)19(16)23)27-17(12)20(24)26-14-9-6-5-8-13(14)25-2/h5-6,8-9H,3-4,7,10-11H2,1-2H3. The van der Waals surface area contributed by atoms with Gasteiger partial charge in [0.05, 0.1) is 12.5 Å². The largest absolute Gasteiger partial charge is 0.493 e. The van der Waals surface area contributed by atoms with Gasteiger partial charge in [-0.25, -0.2) is 9.78 Å². The third kappa shape index (κ3) is 3.12. The van der Waals surface area contributed by atoms with Crippen LogP contribution in [0.3, 0.4) is 0 Å². The first-order valence-electron chi connectivity index (χ1n) is 8.98. The number of aromatic nitrogens is 2. The first kappa shape index (κ1) is 17.7. The summed E-state index contributed by atoms with van der Waals surface area (Å²) in [6.07, 6.45) is 3.91. The molecular formula is C20H20N2O4S. The van der Waals surface area contributed by atoms with Crippen molar-refractivity contribution in [3.05, 3.63) is 50.9 Å². The summed E-state index contributed by atoms with van der Waals surface area (Å²) in [5.41, 5.74) is 0.578. The molecule has 4 rings (SSSR count). The molecule has 0 N–H and O–H groups in total.